The Morgan fingerprint density at radius 1 is 1.53 bits per heavy atom. The fraction of sp³-hybridized carbons (Fsp3) is 0.500. The van der Waals surface area contributed by atoms with E-state index >= 15 is 0 Å². The number of nitriles is 1. The average Bonchev–Trinajstić information content (AvgIpc) is 2.37. The first-order valence-electron chi connectivity index (χ1n) is 6.06. The summed E-state index contributed by atoms with van der Waals surface area (Å²) in [5.41, 5.74) is 0.520. The van der Waals surface area contributed by atoms with Crippen molar-refractivity contribution in [3.63, 3.8) is 0 Å². The second kappa shape index (κ2) is 5.55. The number of rotatable bonds is 3. The Bertz CT molecular complexity index is 577. The second-order valence-corrected chi connectivity index (χ2v) is 6.47. The number of sulfonamides is 1. The van der Waals surface area contributed by atoms with Crippen molar-refractivity contribution in [2.75, 3.05) is 24.2 Å². The summed E-state index contributed by atoms with van der Waals surface area (Å²) < 4.78 is 25.1. The molecule has 0 saturated carbocycles. The van der Waals surface area contributed by atoms with E-state index in [9.17, 15) is 8.42 Å². The van der Waals surface area contributed by atoms with Gasteiger partial charge in [-0.25, -0.2) is 18.1 Å². The predicted octanol–water partition coefficient (Wildman–Crippen LogP) is 0.471. The summed E-state index contributed by atoms with van der Waals surface area (Å²) in [6.45, 7) is 1.45. The number of piperidine rings is 1. The van der Waals surface area contributed by atoms with Crippen LogP contribution in [0.4, 0.5) is 5.82 Å². The number of nitrogens with one attached hydrogen (secondary N) is 1. The van der Waals surface area contributed by atoms with Crippen LogP contribution < -0.4 is 9.62 Å². The molecule has 0 spiro atoms. The van der Waals surface area contributed by atoms with E-state index in [-0.39, 0.29) is 6.04 Å². The number of hydrogen-bond acceptors (Lipinski definition) is 5. The molecule has 1 aromatic rings. The van der Waals surface area contributed by atoms with Gasteiger partial charge in [0.05, 0.1) is 11.8 Å². The number of hydrogen-bond donors (Lipinski definition) is 1. The maximum atomic E-state index is 11.2. The SMILES string of the molecule is CS(=O)(=O)N[C@@H]1CCCN(c2ccc(C#N)cn2)C1. The minimum Gasteiger partial charge on any atom is -0.355 e. The van der Waals surface area contributed by atoms with Gasteiger partial charge in [-0.05, 0) is 25.0 Å². The van der Waals surface area contributed by atoms with Crippen LogP contribution in [-0.2, 0) is 10.0 Å². The van der Waals surface area contributed by atoms with Crippen LogP contribution in [0.3, 0.4) is 0 Å². The fourth-order valence-electron chi connectivity index (χ4n) is 2.22. The number of pyridine rings is 1. The molecule has 1 aromatic heterocycles. The third-order valence-corrected chi connectivity index (χ3v) is 3.76. The molecule has 0 unspecified atom stereocenters. The molecule has 0 bridgehead atoms. The molecule has 0 aromatic carbocycles. The third-order valence-electron chi connectivity index (χ3n) is 3.00. The molecule has 1 aliphatic heterocycles. The van der Waals surface area contributed by atoms with Gasteiger partial charge >= 0.3 is 0 Å². The van der Waals surface area contributed by atoms with Gasteiger partial charge in [0.2, 0.25) is 10.0 Å². The average molecular weight is 280 g/mol. The van der Waals surface area contributed by atoms with Gasteiger partial charge in [0.1, 0.15) is 11.9 Å². The van der Waals surface area contributed by atoms with Crippen LogP contribution in [0.2, 0.25) is 0 Å². The Morgan fingerprint density at radius 2 is 2.32 bits per heavy atom. The van der Waals surface area contributed by atoms with Gasteiger partial charge in [0, 0.05) is 25.3 Å². The van der Waals surface area contributed by atoms with Gasteiger partial charge in [-0.3, -0.25) is 0 Å². The van der Waals surface area contributed by atoms with E-state index in [1.54, 1.807) is 12.1 Å². The van der Waals surface area contributed by atoms with Crippen molar-refractivity contribution >= 4 is 15.8 Å². The molecule has 1 aliphatic rings. The monoisotopic (exact) mass is 280 g/mol. The molecule has 1 atom stereocenters. The Kier molecular flexibility index (Phi) is 4.02. The van der Waals surface area contributed by atoms with Gasteiger partial charge in [0.15, 0.2) is 0 Å². The van der Waals surface area contributed by atoms with E-state index in [0.29, 0.717) is 12.1 Å². The fourth-order valence-corrected chi connectivity index (χ4v) is 3.02. The Labute approximate surface area is 113 Å². The highest BCUT2D eigenvalue weighted by Crippen LogP contribution is 2.18. The molecular formula is C12H16N4O2S. The maximum Gasteiger partial charge on any atom is 0.209 e. The highest BCUT2D eigenvalue weighted by Gasteiger charge is 2.23. The summed E-state index contributed by atoms with van der Waals surface area (Å²) in [6, 6.07) is 5.45. The van der Waals surface area contributed by atoms with Crippen LogP contribution in [0, 0.1) is 11.3 Å². The molecule has 2 rings (SSSR count). The van der Waals surface area contributed by atoms with E-state index in [2.05, 4.69) is 9.71 Å². The molecule has 2 heterocycles. The highest BCUT2D eigenvalue weighted by atomic mass is 32.2. The summed E-state index contributed by atoms with van der Waals surface area (Å²) in [5, 5.41) is 8.73. The van der Waals surface area contributed by atoms with Gasteiger partial charge in [0.25, 0.3) is 0 Å². The molecule has 6 nitrogen and oxygen atoms in total. The lowest BCUT2D eigenvalue weighted by Crippen LogP contribution is -2.47. The van der Waals surface area contributed by atoms with E-state index in [1.807, 2.05) is 11.0 Å². The zero-order valence-corrected chi connectivity index (χ0v) is 11.5. The van der Waals surface area contributed by atoms with Crippen molar-refractivity contribution in [3.05, 3.63) is 23.9 Å². The zero-order valence-electron chi connectivity index (χ0n) is 10.7. The summed E-state index contributed by atoms with van der Waals surface area (Å²) in [4.78, 5) is 6.27. The largest absolute Gasteiger partial charge is 0.355 e. The van der Waals surface area contributed by atoms with Crippen molar-refractivity contribution < 1.29 is 8.42 Å². The number of aromatic nitrogens is 1. The molecule has 1 saturated heterocycles. The molecule has 0 amide bonds. The molecular weight excluding hydrogens is 264 g/mol. The van der Waals surface area contributed by atoms with Gasteiger partial charge in [-0.1, -0.05) is 0 Å². The summed E-state index contributed by atoms with van der Waals surface area (Å²) in [5.74, 6) is 0.777. The first kappa shape index (κ1) is 13.8. The molecule has 19 heavy (non-hydrogen) atoms. The van der Waals surface area contributed by atoms with E-state index in [4.69, 9.17) is 5.26 Å². The Morgan fingerprint density at radius 3 is 2.89 bits per heavy atom. The van der Waals surface area contributed by atoms with Gasteiger partial charge < -0.3 is 4.90 Å². The molecule has 0 aliphatic carbocycles. The molecule has 0 radical (unpaired) electrons. The van der Waals surface area contributed by atoms with Crippen LogP contribution >= 0.6 is 0 Å². The van der Waals surface area contributed by atoms with Crippen molar-refractivity contribution in [1.82, 2.24) is 9.71 Å². The summed E-state index contributed by atoms with van der Waals surface area (Å²) >= 11 is 0. The minimum absolute atomic E-state index is 0.0822. The van der Waals surface area contributed by atoms with Crippen LogP contribution in [0.1, 0.15) is 18.4 Å². The van der Waals surface area contributed by atoms with E-state index in [0.717, 1.165) is 25.2 Å². The quantitative estimate of drug-likeness (QED) is 0.870. The summed E-state index contributed by atoms with van der Waals surface area (Å²) in [6.07, 6.45) is 4.45. The molecule has 102 valence electrons. The molecule has 1 N–H and O–H groups in total. The lowest BCUT2D eigenvalue weighted by atomic mass is 10.1. The Hall–Kier alpha value is -1.65. The van der Waals surface area contributed by atoms with Crippen LogP contribution in [0.15, 0.2) is 18.3 Å². The topological polar surface area (TPSA) is 86.1 Å². The van der Waals surface area contributed by atoms with E-state index < -0.39 is 10.0 Å². The molecule has 7 heteroatoms. The van der Waals surface area contributed by atoms with Crippen LogP contribution in [0.5, 0.6) is 0 Å². The second-order valence-electron chi connectivity index (χ2n) is 4.69. The highest BCUT2D eigenvalue weighted by molar-refractivity contribution is 7.88. The van der Waals surface area contributed by atoms with Gasteiger partial charge in [-0.2, -0.15) is 5.26 Å². The first-order valence-corrected chi connectivity index (χ1v) is 7.95. The number of nitrogens with zero attached hydrogens (tertiary/aromatic N) is 3. The van der Waals surface area contributed by atoms with Crippen molar-refractivity contribution in [1.29, 1.82) is 5.26 Å². The van der Waals surface area contributed by atoms with Crippen molar-refractivity contribution in [3.8, 4) is 6.07 Å². The normalized spacial score (nSPS) is 20.0. The Balaban J connectivity index is 2.06. The first-order chi connectivity index (χ1) is 8.98. The standard InChI is InChI=1S/C12H16N4O2S/c1-19(17,18)15-11-3-2-6-16(9-11)12-5-4-10(7-13)8-14-12/h4-5,8,11,15H,2-3,6,9H2,1H3/t11-/m1/s1. The van der Waals surface area contributed by atoms with Crippen LogP contribution in [-0.4, -0.2) is 38.8 Å². The minimum atomic E-state index is -3.18. The number of anilines is 1. The lowest BCUT2D eigenvalue weighted by Gasteiger charge is -2.33. The van der Waals surface area contributed by atoms with Gasteiger partial charge in [-0.15, -0.1) is 0 Å². The maximum absolute atomic E-state index is 11.2. The van der Waals surface area contributed by atoms with Crippen molar-refractivity contribution in [2.24, 2.45) is 0 Å². The third kappa shape index (κ3) is 3.91. The zero-order chi connectivity index (χ0) is 13.9. The predicted molar refractivity (Wildman–Crippen MR) is 72.2 cm³/mol. The smallest absolute Gasteiger partial charge is 0.209 e. The van der Waals surface area contributed by atoms with E-state index in [1.165, 1.54) is 12.5 Å². The van der Waals surface area contributed by atoms with Crippen molar-refractivity contribution in [2.45, 2.75) is 18.9 Å². The van der Waals surface area contributed by atoms with Crippen LogP contribution in [0.25, 0.3) is 0 Å². The summed E-state index contributed by atoms with van der Waals surface area (Å²) in [7, 11) is -3.18. The molecule has 1 fully saturated rings. The lowest BCUT2D eigenvalue weighted by molar-refractivity contribution is 0.465.